The second-order valence-corrected chi connectivity index (χ2v) is 7.83. The maximum absolute atomic E-state index is 12.7. The van der Waals surface area contributed by atoms with Crippen LogP contribution < -0.4 is 15.5 Å². The number of carbonyl (C=O) groups excluding carboxylic acids is 2. The third-order valence-electron chi connectivity index (χ3n) is 4.55. The molecule has 0 radical (unpaired) electrons. The van der Waals surface area contributed by atoms with Gasteiger partial charge in [-0.2, -0.15) is 0 Å². The second-order valence-electron chi connectivity index (χ2n) is 7.83. The Kier molecular flexibility index (Phi) is 5.67. The standard InChI is InChI=1S/C20H26N4O5/c1-20(2,3)29-19(27)24-9-7-23(8-10-24)18(26)22-16-12-21-15-6-5-13(28-4)11-14(15)17(16)25/h5-6,11-12H,7-10H2,1-4H3,(H,21,25)(H,22,26). The monoisotopic (exact) mass is 402 g/mol. The molecule has 9 nitrogen and oxygen atoms in total. The maximum Gasteiger partial charge on any atom is 0.410 e. The number of ether oxygens (including phenoxy) is 2. The van der Waals surface area contributed by atoms with Crippen molar-refractivity contribution in [1.82, 2.24) is 14.8 Å². The lowest BCUT2D eigenvalue weighted by Gasteiger charge is -2.35. The zero-order valence-corrected chi connectivity index (χ0v) is 17.1. The number of fused-ring (bicyclic) bond motifs is 1. The first-order chi connectivity index (χ1) is 13.7. The third kappa shape index (κ3) is 4.79. The Morgan fingerprint density at radius 2 is 1.76 bits per heavy atom. The van der Waals surface area contributed by atoms with Crippen molar-refractivity contribution in [3.05, 3.63) is 34.6 Å². The van der Waals surface area contributed by atoms with Crippen LogP contribution in [0.4, 0.5) is 15.3 Å². The van der Waals surface area contributed by atoms with E-state index in [2.05, 4.69) is 10.3 Å². The number of benzene rings is 1. The number of piperazine rings is 1. The number of methoxy groups -OCH3 is 1. The first-order valence-corrected chi connectivity index (χ1v) is 9.41. The molecule has 1 aliphatic heterocycles. The lowest BCUT2D eigenvalue weighted by Crippen LogP contribution is -2.52. The lowest BCUT2D eigenvalue weighted by atomic mass is 10.2. The number of pyridine rings is 1. The molecule has 0 atom stereocenters. The van der Waals surface area contributed by atoms with Gasteiger partial charge in [0.15, 0.2) is 0 Å². The smallest absolute Gasteiger partial charge is 0.410 e. The van der Waals surface area contributed by atoms with Gasteiger partial charge in [0, 0.05) is 37.9 Å². The topological polar surface area (TPSA) is 104 Å². The van der Waals surface area contributed by atoms with Crippen LogP contribution in [0.1, 0.15) is 20.8 Å². The number of carbonyl (C=O) groups is 2. The first kappa shape index (κ1) is 20.5. The second kappa shape index (κ2) is 8.02. The van der Waals surface area contributed by atoms with Crippen molar-refractivity contribution in [3.63, 3.8) is 0 Å². The molecule has 1 saturated heterocycles. The summed E-state index contributed by atoms with van der Waals surface area (Å²) in [6.07, 6.45) is 1.09. The highest BCUT2D eigenvalue weighted by Gasteiger charge is 2.28. The highest BCUT2D eigenvalue weighted by atomic mass is 16.6. The predicted molar refractivity (Wildman–Crippen MR) is 110 cm³/mol. The van der Waals surface area contributed by atoms with Gasteiger partial charge in [0.2, 0.25) is 5.43 Å². The average Bonchev–Trinajstić information content (AvgIpc) is 2.68. The van der Waals surface area contributed by atoms with E-state index in [1.807, 2.05) is 20.8 Å². The number of aromatic amines is 1. The van der Waals surface area contributed by atoms with E-state index in [0.29, 0.717) is 42.8 Å². The van der Waals surface area contributed by atoms with Crippen LogP contribution in [0.3, 0.4) is 0 Å². The van der Waals surface area contributed by atoms with Gasteiger partial charge in [0.25, 0.3) is 0 Å². The van der Waals surface area contributed by atoms with E-state index in [-0.39, 0.29) is 17.1 Å². The van der Waals surface area contributed by atoms with E-state index < -0.39 is 11.7 Å². The number of urea groups is 1. The summed E-state index contributed by atoms with van der Waals surface area (Å²) in [4.78, 5) is 43.6. The normalized spacial score (nSPS) is 14.6. The van der Waals surface area contributed by atoms with E-state index >= 15 is 0 Å². The molecule has 9 heteroatoms. The Morgan fingerprint density at radius 1 is 1.10 bits per heavy atom. The molecular formula is C20H26N4O5. The summed E-state index contributed by atoms with van der Waals surface area (Å²) in [5, 5.41) is 3.09. The van der Waals surface area contributed by atoms with Crippen molar-refractivity contribution in [1.29, 1.82) is 0 Å². The summed E-state index contributed by atoms with van der Waals surface area (Å²) >= 11 is 0. The van der Waals surface area contributed by atoms with Crippen LogP contribution in [-0.4, -0.2) is 65.8 Å². The van der Waals surface area contributed by atoms with E-state index in [9.17, 15) is 14.4 Å². The summed E-state index contributed by atoms with van der Waals surface area (Å²) in [6.45, 7) is 6.87. The van der Waals surface area contributed by atoms with Gasteiger partial charge < -0.3 is 29.6 Å². The van der Waals surface area contributed by atoms with Gasteiger partial charge in [-0.1, -0.05) is 0 Å². The number of H-pyrrole nitrogens is 1. The minimum Gasteiger partial charge on any atom is -0.497 e. The van der Waals surface area contributed by atoms with Gasteiger partial charge in [-0.25, -0.2) is 9.59 Å². The fraction of sp³-hybridized carbons (Fsp3) is 0.450. The van der Waals surface area contributed by atoms with E-state index in [1.165, 1.54) is 13.3 Å². The molecule has 1 aliphatic rings. The molecule has 0 unspecified atom stereocenters. The molecule has 2 N–H and O–H groups in total. The lowest BCUT2D eigenvalue weighted by molar-refractivity contribution is 0.0174. The SMILES string of the molecule is COc1ccc2[nH]cc(NC(=O)N3CCN(C(=O)OC(C)(C)C)CC3)c(=O)c2c1. The van der Waals surface area contributed by atoms with Gasteiger partial charge >= 0.3 is 12.1 Å². The van der Waals surface area contributed by atoms with Gasteiger partial charge in [0.1, 0.15) is 17.0 Å². The molecule has 156 valence electrons. The van der Waals surface area contributed by atoms with Crippen molar-refractivity contribution < 1.29 is 19.1 Å². The Labute approximate surface area is 168 Å². The first-order valence-electron chi connectivity index (χ1n) is 9.41. The van der Waals surface area contributed by atoms with Crippen LogP contribution >= 0.6 is 0 Å². The molecule has 1 aromatic heterocycles. The number of nitrogens with zero attached hydrogens (tertiary/aromatic N) is 2. The van der Waals surface area contributed by atoms with Crippen molar-refractivity contribution >= 4 is 28.7 Å². The van der Waals surface area contributed by atoms with Gasteiger partial charge in [-0.3, -0.25) is 4.79 Å². The van der Waals surface area contributed by atoms with Gasteiger partial charge in [-0.15, -0.1) is 0 Å². The van der Waals surface area contributed by atoms with Crippen molar-refractivity contribution in [3.8, 4) is 5.75 Å². The number of anilines is 1. The zero-order valence-electron chi connectivity index (χ0n) is 17.1. The molecule has 2 aromatic rings. The maximum atomic E-state index is 12.7. The van der Waals surface area contributed by atoms with Crippen molar-refractivity contribution in [2.45, 2.75) is 26.4 Å². The molecule has 29 heavy (non-hydrogen) atoms. The Bertz CT molecular complexity index is 971. The number of amides is 3. The molecule has 2 heterocycles. The molecule has 1 aromatic carbocycles. The van der Waals surface area contributed by atoms with Crippen LogP contribution in [0.25, 0.3) is 10.9 Å². The number of nitrogens with one attached hydrogen (secondary N) is 2. The van der Waals surface area contributed by atoms with Crippen molar-refractivity contribution in [2.75, 3.05) is 38.6 Å². The van der Waals surface area contributed by atoms with Crippen molar-refractivity contribution in [2.24, 2.45) is 0 Å². The summed E-state index contributed by atoms with van der Waals surface area (Å²) in [5.41, 5.74) is -0.0470. The molecule has 3 rings (SSSR count). The summed E-state index contributed by atoms with van der Waals surface area (Å²) in [6, 6.07) is 4.74. The third-order valence-corrected chi connectivity index (χ3v) is 4.55. The molecule has 0 aliphatic carbocycles. The van der Waals surface area contributed by atoms with E-state index in [4.69, 9.17) is 9.47 Å². The number of hydrogen-bond donors (Lipinski definition) is 2. The largest absolute Gasteiger partial charge is 0.497 e. The molecule has 3 amide bonds. The molecule has 0 spiro atoms. The number of rotatable bonds is 2. The number of aromatic nitrogens is 1. The molecule has 0 saturated carbocycles. The Balaban J connectivity index is 1.65. The van der Waals surface area contributed by atoms with Crippen LogP contribution in [0.5, 0.6) is 5.75 Å². The fourth-order valence-electron chi connectivity index (χ4n) is 3.03. The minimum atomic E-state index is -0.564. The average molecular weight is 402 g/mol. The number of hydrogen-bond acceptors (Lipinski definition) is 5. The van der Waals surface area contributed by atoms with E-state index in [0.717, 1.165) is 0 Å². The quantitative estimate of drug-likeness (QED) is 0.804. The fourth-order valence-corrected chi connectivity index (χ4v) is 3.03. The Morgan fingerprint density at radius 3 is 2.38 bits per heavy atom. The molecule has 0 bridgehead atoms. The summed E-state index contributed by atoms with van der Waals surface area (Å²) in [7, 11) is 1.53. The van der Waals surface area contributed by atoms with Gasteiger partial charge in [-0.05, 0) is 39.0 Å². The van der Waals surface area contributed by atoms with Crippen LogP contribution in [0.2, 0.25) is 0 Å². The van der Waals surface area contributed by atoms with Crippen LogP contribution in [0.15, 0.2) is 29.2 Å². The summed E-state index contributed by atoms with van der Waals surface area (Å²) < 4.78 is 10.5. The highest BCUT2D eigenvalue weighted by molar-refractivity contribution is 5.92. The highest BCUT2D eigenvalue weighted by Crippen LogP contribution is 2.18. The molecule has 1 fully saturated rings. The van der Waals surface area contributed by atoms with E-state index in [1.54, 1.807) is 28.0 Å². The molecular weight excluding hydrogens is 376 g/mol. The van der Waals surface area contributed by atoms with Crippen LogP contribution in [0, 0.1) is 0 Å². The predicted octanol–water partition coefficient (Wildman–Crippen LogP) is 2.62. The Hall–Kier alpha value is -3.23. The van der Waals surface area contributed by atoms with Gasteiger partial charge in [0.05, 0.1) is 12.5 Å². The zero-order chi connectivity index (χ0) is 21.2. The van der Waals surface area contributed by atoms with Crippen LogP contribution in [-0.2, 0) is 4.74 Å². The summed E-state index contributed by atoms with van der Waals surface area (Å²) in [5.74, 6) is 0.560. The minimum absolute atomic E-state index is 0.158.